The lowest BCUT2D eigenvalue weighted by molar-refractivity contribution is -0.140. The maximum absolute atomic E-state index is 12.3. The Morgan fingerprint density at radius 3 is 2.55 bits per heavy atom. The molecule has 1 aromatic carbocycles. The topological polar surface area (TPSA) is 58.6 Å². The van der Waals surface area contributed by atoms with Gasteiger partial charge < -0.3 is 15.0 Å². The van der Waals surface area contributed by atoms with Crippen molar-refractivity contribution in [3.05, 3.63) is 35.9 Å². The summed E-state index contributed by atoms with van der Waals surface area (Å²) in [6, 6.07) is 9.21. The zero-order chi connectivity index (χ0) is 16.4. The summed E-state index contributed by atoms with van der Waals surface area (Å²) < 4.78 is 4.92. The second-order valence-electron chi connectivity index (χ2n) is 5.22. The molecule has 5 heteroatoms. The molecule has 1 rings (SSSR count). The summed E-state index contributed by atoms with van der Waals surface area (Å²) in [6.07, 6.45) is 1.21. The predicted molar refractivity (Wildman–Crippen MR) is 86.2 cm³/mol. The van der Waals surface area contributed by atoms with Crippen LogP contribution in [0.4, 0.5) is 0 Å². The molecule has 0 unspecified atom stereocenters. The quantitative estimate of drug-likeness (QED) is 0.710. The third-order valence-corrected chi connectivity index (χ3v) is 3.43. The van der Waals surface area contributed by atoms with Gasteiger partial charge in [-0.3, -0.25) is 9.59 Å². The normalized spacial score (nSPS) is 11.8. The van der Waals surface area contributed by atoms with Crippen molar-refractivity contribution in [2.45, 2.75) is 39.3 Å². The molecule has 1 N–H and O–H groups in total. The second kappa shape index (κ2) is 9.95. The number of hydrogen-bond acceptors (Lipinski definition) is 3. The van der Waals surface area contributed by atoms with Crippen LogP contribution >= 0.6 is 0 Å². The Balaban J connectivity index is 2.76. The number of hydrogen-bond donors (Lipinski definition) is 1. The fourth-order valence-electron chi connectivity index (χ4n) is 2.14. The SMILES string of the molecule is CCCC(=O)N(Cc1ccccc1)[C@H](C)C(=O)NCCOC. The van der Waals surface area contributed by atoms with Crippen LogP contribution in [0.25, 0.3) is 0 Å². The zero-order valence-corrected chi connectivity index (χ0v) is 13.7. The molecule has 2 amide bonds. The minimum Gasteiger partial charge on any atom is -0.383 e. The Morgan fingerprint density at radius 1 is 1.27 bits per heavy atom. The van der Waals surface area contributed by atoms with Crippen LogP contribution in [0.5, 0.6) is 0 Å². The van der Waals surface area contributed by atoms with Crippen LogP contribution < -0.4 is 5.32 Å². The van der Waals surface area contributed by atoms with Gasteiger partial charge in [-0.1, -0.05) is 37.3 Å². The number of nitrogens with zero attached hydrogens (tertiary/aromatic N) is 1. The first-order valence-electron chi connectivity index (χ1n) is 7.70. The number of rotatable bonds is 9. The van der Waals surface area contributed by atoms with Crippen LogP contribution in [0.1, 0.15) is 32.3 Å². The second-order valence-corrected chi connectivity index (χ2v) is 5.22. The maximum Gasteiger partial charge on any atom is 0.242 e. The monoisotopic (exact) mass is 306 g/mol. The molecule has 22 heavy (non-hydrogen) atoms. The highest BCUT2D eigenvalue weighted by Gasteiger charge is 2.25. The summed E-state index contributed by atoms with van der Waals surface area (Å²) >= 11 is 0. The summed E-state index contributed by atoms with van der Waals surface area (Å²) in [5.41, 5.74) is 1.02. The van der Waals surface area contributed by atoms with Crippen molar-refractivity contribution in [3.63, 3.8) is 0 Å². The molecule has 0 aliphatic carbocycles. The molecule has 5 nitrogen and oxygen atoms in total. The largest absolute Gasteiger partial charge is 0.383 e. The van der Waals surface area contributed by atoms with Crippen molar-refractivity contribution in [2.75, 3.05) is 20.3 Å². The number of benzene rings is 1. The number of methoxy groups -OCH3 is 1. The Labute approximate surface area is 132 Å². The van der Waals surface area contributed by atoms with Crippen LogP contribution in [0.3, 0.4) is 0 Å². The van der Waals surface area contributed by atoms with Gasteiger partial charge in [-0.25, -0.2) is 0 Å². The van der Waals surface area contributed by atoms with E-state index in [4.69, 9.17) is 4.74 Å². The lowest BCUT2D eigenvalue weighted by Gasteiger charge is -2.28. The van der Waals surface area contributed by atoms with E-state index >= 15 is 0 Å². The first-order chi connectivity index (χ1) is 10.6. The molecule has 1 atom stereocenters. The average Bonchev–Trinajstić information content (AvgIpc) is 2.53. The molecular formula is C17H26N2O3. The van der Waals surface area contributed by atoms with Crippen molar-refractivity contribution in [2.24, 2.45) is 0 Å². The molecular weight excluding hydrogens is 280 g/mol. The Bertz CT molecular complexity index is 462. The predicted octanol–water partition coefficient (Wildman–Crippen LogP) is 1.97. The molecule has 0 aromatic heterocycles. The number of carbonyl (C=O) groups excluding carboxylic acids is 2. The average molecular weight is 306 g/mol. The van der Waals surface area contributed by atoms with Crippen molar-refractivity contribution in [1.82, 2.24) is 10.2 Å². The van der Waals surface area contributed by atoms with E-state index in [2.05, 4.69) is 5.32 Å². The van der Waals surface area contributed by atoms with E-state index in [1.807, 2.05) is 37.3 Å². The van der Waals surface area contributed by atoms with Gasteiger partial charge in [-0.2, -0.15) is 0 Å². The molecule has 0 spiro atoms. The van der Waals surface area contributed by atoms with Crippen molar-refractivity contribution in [3.8, 4) is 0 Å². The first-order valence-corrected chi connectivity index (χ1v) is 7.70. The van der Waals surface area contributed by atoms with Gasteiger partial charge in [0.25, 0.3) is 0 Å². The van der Waals surface area contributed by atoms with Crippen LogP contribution in [0, 0.1) is 0 Å². The number of amides is 2. The number of ether oxygens (including phenoxy) is 1. The molecule has 0 bridgehead atoms. The summed E-state index contributed by atoms with van der Waals surface area (Å²) in [4.78, 5) is 26.2. The zero-order valence-electron chi connectivity index (χ0n) is 13.7. The van der Waals surface area contributed by atoms with Crippen LogP contribution in [0.15, 0.2) is 30.3 Å². The fourth-order valence-corrected chi connectivity index (χ4v) is 2.14. The highest BCUT2D eigenvalue weighted by atomic mass is 16.5. The van der Waals surface area contributed by atoms with E-state index in [0.717, 1.165) is 12.0 Å². The Hall–Kier alpha value is -1.88. The third-order valence-electron chi connectivity index (χ3n) is 3.43. The van der Waals surface area contributed by atoms with E-state index in [-0.39, 0.29) is 11.8 Å². The molecule has 0 aliphatic heterocycles. The lowest BCUT2D eigenvalue weighted by Crippen LogP contribution is -2.48. The molecule has 0 saturated carbocycles. The minimum absolute atomic E-state index is 0.000689. The van der Waals surface area contributed by atoms with E-state index in [0.29, 0.717) is 26.1 Å². The van der Waals surface area contributed by atoms with Crippen molar-refractivity contribution >= 4 is 11.8 Å². The Kier molecular flexibility index (Phi) is 8.22. The first kappa shape index (κ1) is 18.2. The van der Waals surface area contributed by atoms with Gasteiger partial charge in [0, 0.05) is 26.6 Å². The van der Waals surface area contributed by atoms with Gasteiger partial charge in [0.1, 0.15) is 6.04 Å². The molecule has 0 saturated heterocycles. The standard InChI is InChI=1S/C17H26N2O3/c1-4-8-16(20)19(13-15-9-6-5-7-10-15)14(2)17(21)18-11-12-22-3/h5-7,9-10,14H,4,8,11-13H2,1-3H3,(H,18,21)/t14-/m1/s1. The molecule has 1 aromatic rings. The van der Waals surface area contributed by atoms with Crippen molar-refractivity contribution in [1.29, 1.82) is 0 Å². The number of nitrogens with one attached hydrogen (secondary N) is 1. The van der Waals surface area contributed by atoms with Gasteiger partial charge in [0.15, 0.2) is 0 Å². The highest BCUT2D eigenvalue weighted by molar-refractivity contribution is 5.87. The molecule has 0 fully saturated rings. The van der Waals surface area contributed by atoms with Gasteiger partial charge in [-0.05, 0) is 18.9 Å². The van der Waals surface area contributed by atoms with Gasteiger partial charge in [-0.15, -0.1) is 0 Å². The van der Waals surface area contributed by atoms with E-state index in [1.165, 1.54) is 0 Å². The molecule has 0 heterocycles. The smallest absolute Gasteiger partial charge is 0.242 e. The molecule has 122 valence electrons. The summed E-state index contributed by atoms with van der Waals surface area (Å²) in [7, 11) is 1.59. The lowest BCUT2D eigenvalue weighted by atomic mass is 10.1. The van der Waals surface area contributed by atoms with Gasteiger partial charge >= 0.3 is 0 Å². The van der Waals surface area contributed by atoms with Crippen LogP contribution in [0.2, 0.25) is 0 Å². The van der Waals surface area contributed by atoms with E-state index in [1.54, 1.807) is 18.9 Å². The minimum atomic E-state index is -0.504. The summed E-state index contributed by atoms with van der Waals surface area (Å²) in [6.45, 7) is 5.07. The fraction of sp³-hybridized carbons (Fsp3) is 0.529. The van der Waals surface area contributed by atoms with Crippen LogP contribution in [-0.4, -0.2) is 43.0 Å². The van der Waals surface area contributed by atoms with Crippen LogP contribution in [-0.2, 0) is 20.9 Å². The van der Waals surface area contributed by atoms with Crippen molar-refractivity contribution < 1.29 is 14.3 Å². The van der Waals surface area contributed by atoms with E-state index in [9.17, 15) is 9.59 Å². The summed E-state index contributed by atoms with van der Waals surface area (Å²) in [5.74, 6) is -0.154. The van der Waals surface area contributed by atoms with Gasteiger partial charge in [0.05, 0.1) is 6.61 Å². The maximum atomic E-state index is 12.3. The number of carbonyl (C=O) groups is 2. The highest BCUT2D eigenvalue weighted by Crippen LogP contribution is 2.11. The Morgan fingerprint density at radius 2 is 1.95 bits per heavy atom. The molecule has 0 aliphatic rings. The van der Waals surface area contributed by atoms with E-state index < -0.39 is 6.04 Å². The molecule has 0 radical (unpaired) electrons. The third kappa shape index (κ3) is 5.85. The summed E-state index contributed by atoms with van der Waals surface area (Å²) in [5, 5.41) is 2.79. The van der Waals surface area contributed by atoms with Gasteiger partial charge in [0.2, 0.25) is 11.8 Å².